The second-order valence-corrected chi connectivity index (χ2v) is 21.9. The highest BCUT2D eigenvalue weighted by atomic mass is 28.3. The SMILES string of the molecule is CCc1c(-c2ccc(NC(=O)[C@H](c3cnn(C(C)C)c3C(N)=O)C(C3CCCCC3)C3CCCCC3)cn2)c(C)nn1COCC[Si](C)(C)C. The van der Waals surface area contributed by atoms with Crippen molar-refractivity contribution < 1.29 is 14.3 Å². The zero-order valence-electron chi connectivity index (χ0n) is 31.6. The fraction of sp³-hybridized carbons (Fsp3) is 0.667. The Morgan fingerprint density at radius 2 is 1.64 bits per heavy atom. The molecular formula is C39H61N7O3Si. The minimum atomic E-state index is -1.18. The Morgan fingerprint density at radius 1 is 1.00 bits per heavy atom. The van der Waals surface area contributed by atoms with E-state index in [4.69, 9.17) is 20.6 Å². The Hall–Kier alpha value is -3.31. The van der Waals surface area contributed by atoms with Crippen LogP contribution in [-0.2, 0) is 22.7 Å². The number of rotatable bonds is 15. The molecule has 5 rings (SSSR count). The molecule has 3 aromatic rings. The first-order valence-corrected chi connectivity index (χ1v) is 22.9. The average Bonchev–Trinajstić information content (AvgIpc) is 3.67. The molecule has 2 aliphatic rings. The first-order chi connectivity index (χ1) is 23.9. The zero-order valence-corrected chi connectivity index (χ0v) is 32.6. The number of aromatic nitrogens is 5. The van der Waals surface area contributed by atoms with Crippen LogP contribution in [0.3, 0.4) is 0 Å². The lowest BCUT2D eigenvalue weighted by atomic mass is 9.63. The van der Waals surface area contributed by atoms with Gasteiger partial charge in [0.2, 0.25) is 5.91 Å². The molecule has 3 N–H and O–H groups in total. The quantitative estimate of drug-likeness (QED) is 0.121. The van der Waals surface area contributed by atoms with Crippen LogP contribution in [0.15, 0.2) is 24.5 Å². The Kier molecular flexibility index (Phi) is 12.7. The summed E-state index contributed by atoms with van der Waals surface area (Å²) in [4.78, 5) is 32.6. The molecule has 0 aromatic carbocycles. The number of ether oxygens (including phenoxy) is 1. The second kappa shape index (κ2) is 16.8. The minimum absolute atomic E-state index is 0.0629. The number of nitrogens with two attached hydrogens (primary N) is 1. The van der Waals surface area contributed by atoms with E-state index < -0.39 is 19.9 Å². The summed E-state index contributed by atoms with van der Waals surface area (Å²) in [6, 6.07) is 4.95. The third kappa shape index (κ3) is 8.94. The second-order valence-electron chi connectivity index (χ2n) is 16.2. The standard InChI is InChI=1S/C39H61N7O3Si/c1-8-33-34(27(4)44-45(33)25-49-21-22-50(5,6)7)32-20-19-30(23-41-32)43-39(48)36(31-24-42-46(26(2)3)37(31)38(40)47)35(28-15-11-9-12-16-28)29-17-13-10-14-18-29/h19-20,23-24,26,28-29,35-36H,8-18,21-22,25H2,1-7H3,(H2,40,47)(H,43,48)/t36-/m1/s1. The van der Waals surface area contributed by atoms with Gasteiger partial charge in [0.25, 0.3) is 5.91 Å². The van der Waals surface area contributed by atoms with Crippen molar-refractivity contribution in [3.05, 3.63) is 47.2 Å². The van der Waals surface area contributed by atoms with E-state index >= 15 is 0 Å². The van der Waals surface area contributed by atoms with Gasteiger partial charge in [-0.3, -0.25) is 19.3 Å². The molecular weight excluding hydrogens is 643 g/mol. The number of carbonyl (C=O) groups excluding carboxylic acids is 2. The van der Waals surface area contributed by atoms with Crippen LogP contribution in [0.25, 0.3) is 11.3 Å². The van der Waals surface area contributed by atoms with Gasteiger partial charge in [0.05, 0.1) is 41.1 Å². The van der Waals surface area contributed by atoms with Crippen molar-refractivity contribution >= 4 is 25.6 Å². The predicted octanol–water partition coefficient (Wildman–Crippen LogP) is 8.50. The largest absolute Gasteiger partial charge is 0.364 e. The number of amides is 2. The van der Waals surface area contributed by atoms with Crippen LogP contribution in [0.1, 0.15) is 124 Å². The molecule has 2 aliphatic carbocycles. The summed E-state index contributed by atoms with van der Waals surface area (Å²) in [5.74, 6) is -0.246. The van der Waals surface area contributed by atoms with Gasteiger partial charge in [-0.1, -0.05) is 90.8 Å². The number of anilines is 1. The van der Waals surface area contributed by atoms with E-state index in [-0.39, 0.29) is 17.9 Å². The number of aryl methyl sites for hydroxylation is 1. The van der Waals surface area contributed by atoms with Gasteiger partial charge in [-0.25, -0.2) is 4.68 Å². The maximum Gasteiger partial charge on any atom is 0.267 e. The molecule has 0 saturated heterocycles. The molecule has 274 valence electrons. The summed E-state index contributed by atoms with van der Waals surface area (Å²) in [6.07, 6.45) is 15.9. The van der Waals surface area contributed by atoms with Crippen LogP contribution in [0.4, 0.5) is 5.69 Å². The highest BCUT2D eigenvalue weighted by molar-refractivity contribution is 6.76. The lowest BCUT2D eigenvalue weighted by Crippen LogP contribution is -2.39. The van der Waals surface area contributed by atoms with Crippen molar-refractivity contribution in [2.75, 3.05) is 11.9 Å². The summed E-state index contributed by atoms with van der Waals surface area (Å²) in [5, 5.41) is 12.7. The molecule has 11 heteroatoms. The van der Waals surface area contributed by atoms with E-state index in [9.17, 15) is 9.59 Å². The molecule has 50 heavy (non-hydrogen) atoms. The fourth-order valence-corrected chi connectivity index (χ4v) is 9.29. The van der Waals surface area contributed by atoms with Crippen LogP contribution >= 0.6 is 0 Å². The van der Waals surface area contributed by atoms with E-state index in [0.717, 1.165) is 67.4 Å². The molecule has 2 saturated carbocycles. The van der Waals surface area contributed by atoms with Crippen LogP contribution in [0.2, 0.25) is 25.7 Å². The Morgan fingerprint density at radius 3 is 2.16 bits per heavy atom. The van der Waals surface area contributed by atoms with Gasteiger partial charge in [0, 0.05) is 31.8 Å². The highest BCUT2D eigenvalue weighted by Crippen LogP contribution is 2.48. The Balaban J connectivity index is 1.45. The van der Waals surface area contributed by atoms with Crippen molar-refractivity contribution in [3.63, 3.8) is 0 Å². The van der Waals surface area contributed by atoms with E-state index in [2.05, 4.69) is 37.0 Å². The van der Waals surface area contributed by atoms with Gasteiger partial charge < -0.3 is 15.8 Å². The van der Waals surface area contributed by atoms with E-state index in [0.29, 0.717) is 35.5 Å². The average molecular weight is 704 g/mol. The van der Waals surface area contributed by atoms with Gasteiger partial charge in [-0.15, -0.1) is 0 Å². The first kappa shape index (κ1) is 37.9. The van der Waals surface area contributed by atoms with Gasteiger partial charge in [0.1, 0.15) is 12.4 Å². The first-order valence-electron chi connectivity index (χ1n) is 19.2. The maximum absolute atomic E-state index is 14.7. The van der Waals surface area contributed by atoms with E-state index in [1.807, 2.05) is 37.6 Å². The molecule has 3 heterocycles. The number of pyridine rings is 1. The molecule has 2 fully saturated rings. The molecule has 0 radical (unpaired) electrons. The van der Waals surface area contributed by atoms with Gasteiger partial charge in [-0.05, 0) is 63.1 Å². The van der Waals surface area contributed by atoms with Crippen LogP contribution in [0, 0.1) is 24.7 Å². The smallest absolute Gasteiger partial charge is 0.267 e. The van der Waals surface area contributed by atoms with Gasteiger partial charge in [0.15, 0.2) is 0 Å². The van der Waals surface area contributed by atoms with Crippen molar-refractivity contribution in [2.45, 2.75) is 143 Å². The molecule has 0 bridgehead atoms. The summed E-state index contributed by atoms with van der Waals surface area (Å²) in [6.45, 7) is 16.3. The lowest BCUT2D eigenvalue weighted by Gasteiger charge is -2.42. The summed E-state index contributed by atoms with van der Waals surface area (Å²) in [5.41, 5.74) is 11.5. The molecule has 10 nitrogen and oxygen atoms in total. The fourth-order valence-electron chi connectivity index (χ4n) is 8.53. The third-order valence-corrected chi connectivity index (χ3v) is 12.7. The highest BCUT2D eigenvalue weighted by Gasteiger charge is 2.43. The van der Waals surface area contributed by atoms with Crippen molar-refractivity contribution in [1.29, 1.82) is 0 Å². The topological polar surface area (TPSA) is 130 Å². The lowest BCUT2D eigenvalue weighted by molar-refractivity contribution is -0.120. The molecule has 2 amide bonds. The van der Waals surface area contributed by atoms with Gasteiger partial charge in [-0.2, -0.15) is 10.2 Å². The predicted molar refractivity (Wildman–Crippen MR) is 203 cm³/mol. The number of nitrogens with zero attached hydrogens (tertiary/aromatic N) is 5. The van der Waals surface area contributed by atoms with Crippen molar-refractivity contribution in [3.8, 4) is 11.3 Å². The monoisotopic (exact) mass is 703 g/mol. The van der Waals surface area contributed by atoms with Crippen LogP contribution in [0.5, 0.6) is 0 Å². The van der Waals surface area contributed by atoms with E-state index in [1.54, 1.807) is 17.1 Å². The van der Waals surface area contributed by atoms with Crippen molar-refractivity contribution in [2.24, 2.45) is 23.5 Å². The number of hydrogen-bond donors (Lipinski definition) is 2. The summed E-state index contributed by atoms with van der Waals surface area (Å²) in [7, 11) is -1.18. The zero-order chi connectivity index (χ0) is 36.0. The van der Waals surface area contributed by atoms with Gasteiger partial charge >= 0.3 is 0 Å². The number of carbonyl (C=O) groups is 2. The molecule has 3 aromatic heterocycles. The van der Waals surface area contributed by atoms with Crippen LogP contribution < -0.4 is 11.1 Å². The molecule has 1 atom stereocenters. The Labute approximate surface area is 300 Å². The third-order valence-electron chi connectivity index (χ3n) is 11.0. The minimum Gasteiger partial charge on any atom is -0.364 e. The Bertz CT molecular complexity index is 1560. The molecule has 0 spiro atoms. The van der Waals surface area contributed by atoms with Crippen LogP contribution in [-0.4, -0.2) is 51.0 Å². The molecule has 0 aliphatic heterocycles. The van der Waals surface area contributed by atoms with Crippen molar-refractivity contribution in [1.82, 2.24) is 24.5 Å². The summed E-state index contributed by atoms with van der Waals surface area (Å²) < 4.78 is 9.69. The van der Waals surface area contributed by atoms with E-state index in [1.165, 1.54) is 38.5 Å². The molecule has 0 unspecified atom stereocenters. The number of nitrogens with one attached hydrogen (secondary N) is 1. The normalized spacial score (nSPS) is 17.1. The maximum atomic E-state index is 14.7. The number of primary amides is 1. The number of hydrogen-bond acceptors (Lipinski definition) is 6. The summed E-state index contributed by atoms with van der Waals surface area (Å²) >= 11 is 0.